The van der Waals surface area contributed by atoms with Crippen molar-refractivity contribution < 1.29 is 4.79 Å². The number of aryl methyl sites for hydroxylation is 2. The van der Waals surface area contributed by atoms with Crippen molar-refractivity contribution >= 4 is 11.6 Å². The number of carbonyl (C=O) groups is 1. The van der Waals surface area contributed by atoms with Crippen molar-refractivity contribution in [3.05, 3.63) is 23.5 Å². The van der Waals surface area contributed by atoms with Gasteiger partial charge in [0.2, 0.25) is 5.91 Å². The monoisotopic (exact) mass is 247 g/mol. The van der Waals surface area contributed by atoms with E-state index < -0.39 is 5.41 Å². The fourth-order valence-corrected chi connectivity index (χ4v) is 2.56. The number of amides is 1. The first kappa shape index (κ1) is 13.0. The first-order valence-electron chi connectivity index (χ1n) is 6.45. The van der Waals surface area contributed by atoms with E-state index in [-0.39, 0.29) is 11.9 Å². The standard InChI is InChI=1S/C14H21N3O/c1-9-6-7-11(10(2)16-9)17-13(18)14(3)8-4-5-12(14)15/h6-7,12H,4-5,8,15H2,1-3H3,(H,17,18). The van der Waals surface area contributed by atoms with Gasteiger partial charge in [-0.2, -0.15) is 0 Å². The van der Waals surface area contributed by atoms with Gasteiger partial charge in [0.05, 0.1) is 16.8 Å². The Morgan fingerprint density at radius 3 is 2.78 bits per heavy atom. The lowest BCUT2D eigenvalue weighted by Gasteiger charge is -2.27. The molecular weight excluding hydrogens is 226 g/mol. The minimum absolute atomic E-state index is 0.0150. The number of nitrogens with one attached hydrogen (secondary N) is 1. The molecule has 2 unspecified atom stereocenters. The minimum Gasteiger partial charge on any atom is -0.327 e. The maximum absolute atomic E-state index is 12.4. The van der Waals surface area contributed by atoms with Gasteiger partial charge in [-0.05, 0) is 45.7 Å². The predicted molar refractivity (Wildman–Crippen MR) is 72.3 cm³/mol. The summed E-state index contributed by atoms with van der Waals surface area (Å²) in [7, 11) is 0. The molecule has 1 aliphatic carbocycles. The molecule has 4 heteroatoms. The van der Waals surface area contributed by atoms with Gasteiger partial charge in [-0.25, -0.2) is 0 Å². The lowest BCUT2D eigenvalue weighted by atomic mass is 9.84. The Balaban J connectivity index is 2.16. The van der Waals surface area contributed by atoms with Crippen LogP contribution in [0.1, 0.15) is 37.6 Å². The summed E-state index contributed by atoms with van der Waals surface area (Å²) in [5, 5.41) is 2.97. The molecule has 1 aromatic rings. The topological polar surface area (TPSA) is 68.0 Å². The largest absolute Gasteiger partial charge is 0.327 e. The summed E-state index contributed by atoms with van der Waals surface area (Å²) in [5.74, 6) is 0.0150. The van der Waals surface area contributed by atoms with Crippen molar-refractivity contribution in [2.75, 3.05) is 5.32 Å². The van der Waals surface area contributed by atoms with Gasteiger partial charge in [0.1, 0.15) is 0 Å². The van der Waals surface area contributed by atoms with E-state index in [1.807, 2.05) is 32.9 Å². The molecule has 1 amide bonds. The number of aromatic nitrogens is 1. The molecule has 3 N–H and O–H groups in total. The zero-order valence-corrected chi connectivity index (χ0v) is 11.3. The van der Waals surface area contributed by atoms with Crippen LogP contribution in [0.25, 0.3) is 0 Å². The Bertz CT molecular complexity index is 472. The summed E-state index contributed by atoms with van der Waals surface area (Å²) in [4.78, 5) is 16.7. The van der Waals surface area contributed by atoms with Crippen LogP contribution in [-0.2, 0) is 4.79 Å². The SMILES string of the molecule is Cc1ccc(NC(=O)C2(C)CCCC2N)c(C)n1. The third-order valence-corrected chi connectivity index (χ3v) is 4.02. The zero-order valence-electron chi connectivity index (χ0n) is 11.3. The van der Waals surface area contributed by atoms with Crippen LogP contribution in [0, 0.1) is 19.3 Å². The first-order chi connectivity index (χ1) is 8.43. The van der Waals surface area contributed by atoms with Gasteiger partial charge in [-0.15, -0.1) is 0 Å². The Kier molecular flexibility index (Phi) is 3.39. The molecule has 98 valence electrons. The third-order valence-electron chi connectivity index (χ3n) is 4.02. The van der Waals surface area contributed by atoms with Gasteiger partial charge < -0.3 is 11.1 Å². The quantitative estimate of drug-likeness (QED) is 0.841. The van der Waals surface area contributed by atoms with Crippen molar-refractivity contribution in [2.45, 2.75) is 46.1 Å². The van der Waals surface area contributed by atoms with Gasteiger partial charge in [-0.1, -0.05) is 6.42 Å². The number of hydrogen-bond donors (Lipinski definition) is 2. The maximum Gasteiger partial charge on any atom is 0.231 e. The number of nitrogens with two attached hydrogens (primary N) is 1. The molecule has 0 spiro atoms. The summed E-state index contributed by atoms with van der Waals surface area (Å²) in [5.41, 5.74) is 8.19. The number of nitrogens with zero attached hydrogens (tertiary/aromatic N) is 1. The highest BCUT2D eigenvalue weighted by Crippen LogP contribution is 2.37. The van der Waals surface area contributed by atoms with E-state index >= 15 is 0 Å². The molecule has 0 radical (unpaired) electrons. The lowest BCUT2D eigenvalue weighted by molar-refractivity contribution is -0.125. The van der Waals surface area contributed by atoms with Crippen LogP contribution in [0.3, 0.4) is 0 Å². The molecular formula is C14H21N3O. The molecule has 1 heterocycles. The van der Waals surface area contributed by atoms with Crippen molar-refractivity contribution in [3.63, 3.8) is 0 Å². The average Bonchev–Trinajstić information content (AvgIpc) is 2.64. The Labute approximate surface area is 108 Å². The molecule has 1 aliphatic rings. The van der Waals surface area contributed by atoms with Crippen LogP contribution in [0.4, 0.5) is 5.69 Å². The average molecular weight is 247 g/mol. The van der Waals surface area contributed by atoms with Crippen LogP contribution in [-0.4, -0.2) is 16.9 Å². The first-order valence-corrected chi connectivity index (χ1v) is 6.45. The molecule has 1 saturated carbocycles. The Morgan fingerprint density at radius 1 is 1.50 bits per heavy atom. The lowest BCUT2D eigenvalue weighted by Crippen LogP contribution is -2.44. The van der Waals surface area contributed by atoms with Gasteiger partial charge in [0, 0.05) is 11.7 Å². The van der Waals surface area contributed by atoms with Crippen molar-refractivity contribution in [1.82, 2.24) is 4.98 Å². The number of pyridine rings is 1. The van der Waals surface area contributed by atoms with Crippen LogP contribution >= 0.6 is 0 Å². The van der Waals surface area contributed by atoms with E-state index in [0.29, 0.717) is 0 Å². The van der Waals surface area contributed by atoms with E-state index in [2.05, 4.69) is 10.3 Å². The third kappa shape index (κ3) is 2.25. The van der Waals surface area contributed by atoms with Gasteiger partial charge in [-0.3, -0.25) is 9.78 Å². The molecule has 0 aliphatic heterocycles. The fraction of sp³-hybridized carbons (Fsp3) is 0.571. The van der Waals surface area contributed by atoms with Gasteiger partial charge >= 0.3 is 0 Å². The molecule has 0 bridgehead atoms. The van der Waals surface area contributed by atoms with Crippen LogP contribution in [0.15, 0.2) is 12.1 Å². The smallest absolute Gasteiger partial charge is 0.231 e. The van der Waals surface area contributed by atoms with Crippen LogP contribution in [0.2, 0.25) is 0 Å². The highest BCUT2D eigenvalue weighted by atomic mass is 16.2. The zero-order chi connectivity index (χ0) is 13.3. The Morgan fingerprint density at radius 2 is 2.22 bits per heavy atom. The van der Waals surface area contributed by atoms with E-state index in [1.54, 1.807) is 0 Å². The highest BCUT2D eigenvalue weighted by molar-refractivity contribution is 5.96. The van der Waals surface area contributed by atoms with Crippen molar-refractivity contribution in [3.8, 4) is 0 Å². The number of anilines is 1. The minimum atomic E-state index is -0.447. The second-order valence-electron chi connectivity index (χ2n) is 5.46. The normalized spacial score (nSPS) is 27.2. The van der Waals surface area contributed by atoms with E-state index in [0.717, 1.165) is 36.3 Å². The number of hydrogen-bond acceptors (Lipinski definition) is 3. The maximum atomic E-state index is 12.4. The molecule has 18 heavy (non-hydrogen) atoms. The van der Waals surface area contributed by atoms with Crippen LogP contribution < -0.4 is 11.1 Å². The van der Waals surface area contributed by atoms with Gasteiger partial charge in [0.15, 0.2) is 0 Å². The summed E-state index contributed by atoms with van der Waals surface area (Å²) in [6.07, 6.45) is 2.81. The highest BCUT2D eigenvalue weighted by Gasteiger charge is 2.43. The summed E-state index contributed by atoms with van der Waals surface area (Å²) < 4.78 is 0. The van der Waals surface area contributed by atoms with Gasteiger partial charge in [0.25, 0.3) is 0 Å². The summed E-state index contributed by atoms with van der Waals surface area (Å²) >= 11 is 0. The molecule has 4 nitrogen and oxygen atoms in total. The predicted octanol–water partition coefficient (Wildman–Crippen LogP) is 2.15. The molecule has 2 rings (SSSR count). The van der Waals surface area contributed by atoms with E-state index in [1.165, 1.54) is 0 Å². The molecule has 1 fully saturated rings. The second-order valence-corrected chi connectivity index (χ2v) is 5.46. The fourth-order valence-electron chi connectivity index (χ4n) is 2.56. The number of carbonyl (C=O) groups excluding carboxylic acids is 1. The van der Waals surface area contributed by atoms with Crippen molar-refractivity contribution in [1.29, 1.82) is 0 Å². The van der Waals surface area contributed by atoms with E-state index in [4.69, 9.17) is 5.73 Å². The molecule has 0 aromatic carbocycles. The molecule has 1 aromatic heterocycles. The molecule has 2 atom stereocenters. The second kappa shape index (κ2) is 4.69. The summed E-state index contributed by atoms with van der Waals surface area (Å²) in [6, 6.07) is 3.76. The summed E-state index contributed by atoms with van der Waals surface area (Å²) in [6.45, 7) is 5.79. The van der Waals surface area contributed by atoms with E-state index in [9.17, 15) is 4.79 Å². The Hall–Kier alpha value is -1.42. The number of rotatable bonds is 2. The molecule has 0 saturated heterocycles. The van der Waals surface area contributed by atoms with Crippen molar-refractivity contribution in [2.24, 2.45) is 11.1 Å². The van der Waals surface area contributed by atoms with Crippen LogP contribution in [0.5, 0.6) is 0 Å².